The molecular formula is C23H27F2N5O3. The number of nitrogen functional groups attached to an aromatic ring is 1. The number of carbonyl (C=O) groups excluding carboxylic acids is 1. The van der Waals surface area contributed by atoms with E-state index in [0.717, 1.165) is 0 Å². The lowest BCUT2D eigenvalue weighted by molar-refractivity contribution is 0.0606. The number of aromatic nitrogens is 1. The number of ether oxygens (including phenoxy) is 1. The number of benzene rings is 1. The van der Waals surface area contributed by atoms with Gasteiger partial charge in [0, 0.05) is 37.4 Å². The maximum atomic E-state index is 15.9. The lowest BCUT2D eigenvalue weighted by Gasteiger charge is -2.36. The van der Waals surface area contributed by atoms with Gasteiger partial charge in [0.15, 0.2) is 11.6 Å². The van der Waals surface area contributed by atoms with E-state index >= 15 is 4.39 Å². The third-order valence-electron chi connectivity index (χ3n) is 6.72. The van der Waals surface area contributed by atoms with Crippen molar-refractivity contribution in [1.82, 2.24) is 15.2 Å². The molecule has 8 nitrogen and oxygen atoms in total. The van der Waals surface area contributed by atoms with Crippen LogP contribution in [0.2, 0.25) is 0 Å². The van der Waals surface area contributed by atoms with Crippen LogP contribution in [0.5, 0.6) is 5.75 Å². The van der Waals surface area contributed by atoms with Crippen molar-refractivity contribution < 1.29 is 23.4 Å². The Balaban J connectivity index is 1.78. The van der Waals surface area contributed by atoms with E-state index in [9.17, 15) is 14.3 Å². The predicted molar refractivity (Wildman–Crippen MR) is 119 cm³/mol. The minimum atomic E-state index is -0.927. The number of pyridine rings is 1. The average Bonchev–Trinajstić information content (AvgIpc) is 2.95. The second-order valence-corrected chi connectivity index (χ2v) is 9.45. The number of carbonyl (C=O) groups is 1. The molecule has 0 spiro atoms. The fraction of sp³-hybridized carbons (Fsp3) is 0.478. The zero-order chi connectivity index (χ0) is 23.5. The van der Waals surface area contributed by atoms with E-state index < -0.39 is 23.3 Å². The topological polar surface area (TPSA) is 104 Å². The van der Waals surface area contributed by atoms with E-state index in [4.69, 9.17) is 10.5 Å². The van der Waals surface area contributed by atoms with Gasteiger partial charge in [0.2, 0.25) is 0 Å². The maximum Gasteiger partial charge on any atom is 0.261 e. The molecule has 2 atom stereocenters. The van der Waals surface area contributed by atoms with Crippen LogP contribution in [0.4, 0.5) is 20.3 Å². The number of aliphatic hydroxyl groups excluding tert-OH is 1. The summed E-state index contributed by atoms with van der Waals surface area (Å²) in [4.78, 5) is 21.6. The number of nitrogens with one attached hydrogen (secondary N) is 1. The number of nitrogens with two attached hydrogens (primary N) is 1. The molecular weight excluding hydrogens is 432 g/mol. The van der Waals surface area contributed by atoms with Gasteiger partial charge < -0.3 is 30.7 Å². The van der Waals surface area contributed by atoms with E-state index in [1.54, 1.807) is 9.80 Å². The van der Waals surface area contributed by atoms with Crippen LogP contribution in [0.1, 0.15) is 30.6 Å². The number of halogens is 2. The Morgan fingerprint density at radius 1 is 1.30 bits per heavy atom. The molecule has 0 radical (unpaired) electrons. The van der Waals surface area contributed by atoms with Crippen molar-refractivity contribution in [3.63, 3.8) is 0 Å². The average molecular weight is 459 g/mol. The zero-order valence-electron chi connectivity index (χ0n) is 18.6. The molecule has 2 aromatic rings. The minimum absolute atomic E-state index is 0.00210. The summed E-state index contributed by atoms with van der Waals surface area (Å²) in [5.41, 5.74) is 4.95. The highest BCUT2D eigenvalue weighted by Gasteiger charge is 2.44. The first-order valence-electron chi connectivity index (χ1n) is 11.1. The van der Waals surface area contributed by atoms with Crippen LogP contribution in [0, 0.1) is 11.6 Å². The molecule has 1 amide bonds. The Morgan fingerprint density at radius 3 is 2.79 bits per heavy atom. The Morgan fingerprint density at radius 2 is 2.09 bits per heavy atom. The van der Waals surface area contributed by atoms with Gasteiger partial charge >= 0.3 is 0 Å². The number of hydrogen-bond donors (Lipinski definition) is 3. The van der Waals surface area contributed by atoms with E-state index in [1.165, 1.54) is 18.2 Å². The van der Waals surface area contributed by atoms with E-state index in [-0.39, 0.29) is 59.2 Å². The van der Waals surface area contributed by atoms with Gasteiger partial charge in [-0.3, -0.25) is 4.79 Å². The number of β-amino-alcohol motifs (C(OH)–C–C–N with tert-alkyl or cyclic N) is 1. The highest BCUT2D eigenvalue weighted by molar-refractivity contribution is 6.03. The van der Waals surface area contributed by atoms with Crippen LogP contribution >= 0.6 is 0 Å². The van der Waals surface area contributed by atoms with Crippen LogP contribution in [-0.2, 0) is 0 Å². The van der Waals surface area contributed by atoms with E-state index in [1.807, 2.05) is 13.8 Å². The van der Waals surface area contributed by atoms with Crippen molar-refractivity contribution in [3.05, 3.63) is 35.4 Å². The predicted octanol–water partition coefficient (Wildman–Crippen LogP) is 1.76. The SMILES string of the molecule is CC1(C)C[C@H](O)CN1c1nc(-c2c(N)cccc2F)c(F)c2c1C(=O)N1CCNC[C@@H]1CO2. The molecule has 0 bridgehead atoms. The van der Waals surface area contributed by atoms with Crippen LogP contribution < -0.4 is 20.7 Å². The summed E-state index contributed by atoms with van der Waals surface area (Å²) in [5.74, 6) is -2.14. The van der Waals surface area contributed by atoms with Crippen molar-refractivity contribution in [2.45, 2.75) is 38.0 Å². The van der Waals surface area contributed by atoms with Crippen LogP contribution in [-0.4, -0.2) is 71.4 Å². The molecule has 33 heavy (non-hydrogen) atoms. The molecule has 1 aromatic carbocycles. The second kappa shape index (κ2) is 7.81. The highest BCUT2D eigenvalue weighted by Crippen LogP contribution is 2.44. The molecule has 2 saturated heterocycles. The summed E-state index contributed by atoms with van der Waals surface area (Å²) in [6.45, 7) is 5.68. The van der Waals surface area contributed by atoms with Gasteiger partial charge in [0.1, 0.15) is 29.5 Å². The van der Waals surface area contributed by atoms with E-state index in [2.05, 4.69) is 10.3 Å². The van der Waals surface area contributed by atoms with Gasteiger partial charge in [-0.05, 0) is 32.4 Å². The molecule has 0 unspecified atom stereocenters. The lowest BCUT2D eigenvalue weighted by atomic mass is 9.99. The second-order valence-electron chi connectivity index (χ2n) is 9.45. The first-order chi connectivity index (χ1) is 15.7. The lowest BCUT2D eigenvalue weighted by Crippen LogP contribution is -2.55. The molecule has 2 fully saturated rings. The number of nitrogens with zero attached hydrogens (tertiary/aromatic N) is 3. The Hall–Kier alpha value is -2.98. The molecule has 3 aliphatic rings. The van der Waals surface area contributed by atoms with Gasteiger partial charge in [-0.25, -0.2) is 13.8 Å². The number of aliphatic hydroxyl groups is 1. The fourth-order valence-corrected chi connectivity index (χ4v) is 5.09. The summed E-state index contributed by atoms with van der Waals surface area (Å²) in [5, 5.41) is 13.6. The summed E-state index contributed by atoms with van der Waals surface area (Å²) < 4.78 is 36.6. The molecule has 10 heteroatoms. The standard InChI is InChI=1S/C23H27F2N5O3/c1-23(2)8-13(31)10-30(23)21-17-20(33-11-12-9-27-6-7-29(12)22(17)32)18(25)19(28-21)16-14(24)4-3-5-15(16)26/h3-5,12-13,27,31H,6-11,26H2,1-2H3/t12-,13+/m1/s1. The number of rotatable bonds is 2. The third-order valence-corrected chi connectivity index (χ3v) is 6.72. The van der Waals surface area contributed by atoms with Gasteiger partial charge in [-0.1, -0.05) is 6.07 Å². The minimum Gasteiger partial charge on any atom is -0.487 e. The smallest absolute Gasteiger partial charge is 0.261 e. The molecule has 176 valence electrons. The highest BCUT2D eigenvalue weighted by atomic mass is 19.1. The number of anilines is 2. The van der Waals surface area contributed by atoms with Crippen molar-refractivity contribution >= 4 is 17.4 Å². The normalized spacial score (nSPS) is 24.2. The Kier molecular flexibility index (Phi) is 5.17. The van der Waals surface area contributed by atoms with Gasteiger partial charge in [0.05, 0.1) is 17.7 Å². The molecule has 0 saturated carbocycles. The monoisotopic (exact) mass is 459 g/mol. The Bertz CT molecular complexity index is 1110. The van der Waals surface area contributed by atoms with Gasteiger partial charge in [-0.15, -0.1) is 0 Å². The number of amides is 1. The summed E-state index contributed by atoms with van der Waals surface area (Å²) in [6, 6.07) is 3.80. The van der Waals surface area contributed by atoms with Crippen molar-refractivity contribution in [2.24, 2.45) is 0 Å². The van der Waals surface area contributed by atoms with Gasteiger partial charge in [-0.2, -0.15) is 0 Å². The van der Waals surface area contributed by atoms with Crippen molar-refractivity contribution in [1.29, 1.82) is 0 Å². The van der Waals surface area contributed by atoms with Crippen molar-refractivity contribution in [2.75, 3.05) is 43.4 Å². The molecule has 0 aliphatic carbocycles. The summed E-state index contributed by atoms with van der Waals surface area (Å²) in [7, 11) is 0. The molecule has 4 N–H and O–H groups in total. The zero-order valence-corrected chi connectivity index (χ0v) is 18.6. The first-order valence-corrected chi connectivity index (χ1v) is 11.1. The number of hydrogen-bond acceptors (Lipinski definition) is 7. The van der Waals surface area contributed by atoms with Gasteiger partial charge in [0.25, 0.3) is 5.91 Å². The molecule has 5 rings (SSSR count). The third kappa shape index (κ3) is 3.48. The van der Waals surface area contributed by atoms with Crippen molar-refractivity contribution in [3.8, 4) is 17.0 Å². The molecule has 3 aliphatic heterocycles. The maximum absolute atomic E-state index is 15.9. The number of fused-ring (bicyclic) bond motifs is 2. The number of piperazine rings is 1. The van der Waals surface area contributed by atoms with Crippen LogP contribution in [0.3, 0.4) is 0 Å². The fourth-order valence-electron chi connectivity index (χ4n) is 5.09. The quantitative estimate of drug-likeness (QED) is 0.588. The van der Waals surface area contributed by atoms with Crippen LogP contribution in [0.15, 0.2) is 18.2 Å². The largest absolute Gasteiger partial charge is 0.487 e. The van der Waals surface area contributed by atoms with E-state index in [0.29, 0.717) is 26.1 Å². The molecule has 1 aromatic heterocycles. The van der Waals surface area contributed by atoms with Crippen LogP contribution in [0.25, 0.3) is 11.3 Å². The summed E-state index contributed by atoms with van der Waals surface area (Å²) in [6.07, 6.45) is -0.221. The summed E-state index contributed by atoms with van der Waals surface area (Å²) >= 11 is 0. The first kappa shape index (κ1) is 21.8. The Labute approximate surface area is 190 Å². The molecule has 4 heterocycles.